The Morgan fingerprint density at radius 1 is 1.67 bits per heavy atom. The number of hydrogen-bond donors (Lipinski definition) is 3. The van der Waals surface area contributed by atoms with Gasteiger partial charge in [-0.05, 0) is 0 Å². The van der Waals surface area contributed by atoms with Crippen LogP contribution in [0.25, 0.3) is 0 Å². The van der Waals surface area contributed by atoms with Crippen LogP contribution in [0.5, 0.6) is 0 Å². The van der Waals surface area contributed by atoms with E-state index in [1.54, 1.807) is 7.05 Å². The Hall–Kier alpha value is -0.960. The van der Waals surface area contributed by atoms with E-state index in [1.807, 2.05) is 0 Å². The van der Waals surface area contributed by atoms with Crippen LogP contribution in [-0.4, -0.2) is 47.7 Å². The summed E-state index contributed by atoms with van der Waals surface area (Å²) in [5.74, 6) is 0. The molecule has 1 atom stereocenters. The van der Waals surface area contributed by atoms with Crippen molar-refractivity contribution in [3.05, 3.63) is 12.4 Å². The van der Waals surface area contributed by atoms with E-state index in [2.05, 4.69) is 9.82 Å². The summed E-state index contributed by atoms with van der Waals surface area (Å²) in [6.45, 7) is -0.719. The summed E-state index contributed by atoms with van der Waals surface area (Å²) >= 11 is 0. The highest BCUT2D eigenvalue weighted by molar-refractivity contribution is 7.89. The molecule has 0 fully saturated rings. The molecule has 1 aromatic heterocycles. The molecule has 0 aliphatic heterocycles. The molecule has 1 rings (SSSR count). The van der Waals surface area contributed by atoms with Crippen molar-refractivity contribution in [2.45, 2.75) is 11.0 Å². The van der Waals surface area contributed by atoms with E-state index in [-0.39, 0.29) is 11.4 Å². The SMILES string of the molecule is Cn1cc(S(=O)(=O)NCC(O)CO)cn1. The highest BCUT2D eigenvalue weighted by Gasteiger charge is 2.16. The third kappa shape index (κ3) is 3.27. The first-order valence-corrected chi connectivity index (χ1v) is 5.71. The monoisotopic (exact) mass is 235 g/mol. The summed E-state index contributed by atoms with van der Waals surface area (Å²) in [5.41, 5.74) is 0. The molecule has 0 aromatic carbocycles. The van der Waals surface area contributed by atoms with Crippen molar-refractivity contribution < 1.29 is 18.6 Å². The maximum atomic E-state index is 11.5. The van der Waals surface area contributed by atoms with Crippen molar-refractivity contribution in [2.24, 2.45) is 7.05 Å². The normalized spacial score (nSPS) is 14.1. The van der Waals surface area contributed by atoms with Gasteiger partial charge < -0.3 is 10.2 Å². The van der Waals surface area contributed by atoms with Gasteiger partial charge >= 0.3 is 0 Å². The van der Waals surface area contributed by atoms with E-state index in [9.17, 15) is 8.42 Å². The van der Waals surface area contributed by atoms with Gasteiger partial charge in [-0.1, -0.05) is 0 Å². The number of aromatic nitrogens is 2. The Bertz CT molecular complexity index is 414. The number of aryl methyl sites for hydroxylation is 1. The summed E-state index contributed by atoms with van der Waals surface area (Å²) < 4.78 is 26.5. The number of hydrogen-bond acceptors (Lipinski definition) is 5. The molecule has 0 aliphatic rings. The van der Waals surface area contributed by atoms with E-state index < -0.39 is 22.7 Å². The molecular formula is C7H13N3O4S. The molecule has 1 heterocycles. The second-order valence-electron chi connectivity index (χ2n) is 3.04. The summed E-state index contributed by atoms with van der Waals surface area (Å²) in [7, 11) is -2.05. The molecule has 0 saturated carbocycles. The van der Waals surface area contributed by atoms with Crippen molar-refractivity contribution >= 4 is 10.0 Å². The minimum absolute atomic E-state index is 0.0233. The molecule has 0 spiro atoms. The number of nitrogens with one attached hydrogen (secondary N) is 1. The second-order valence-corrected chi connectivity index (χ2v) is 4.80. The topological polar surface area (TPSA) is 104 Å². The lowest BCUT2D eigenvalue weighted by Gasteiger charge is -2.07. The molecule has 0 bridgehead atoms. The van der Waals surface area contributed by atoms with Crippen LogP contribution in [0.2, 0.25) is 0 Å². The van der Waals surface area contributed by atoms with Crippen LogP contribution >= 0.6 is 0 Å². The largest absolute Gasteiger partial charge is 0.394 e. The summed E-state index contributed by atoms with van der Waals surface area (Å²) in [6, 6.07) is 0. The molecule has 15 heavy (non-hydrogen) atoms. The quantitative estimate of drug-likeness (QED) is 0.550. The van der Waals surface area contributed by atoms with Gasteiger partial charge in [0.15, 0.2) is 0 Å². The first kappa shape index (κ1) is 12.1. The predicted octanol–water partition coefficient (Wildman–Crippen LogP) is -1.95. The van der Waals surface area contributed by atoms with Gasteiger partial charge in [0.2, 0.25) is 10.0 Å². The lowest BCUT2D eigenvalue weighted by Crippen LogP contribution is -2.33. The summed E-state index contributed by atoms with van der Waals surface area (Å²) in [4.78, 5) is 0.0233. The van der Waals surface area contributed by atoms with Crippen molar-refractivity contribution in [1.29, 1.82) is 0 Å². The van der Waals surface area contributed by atoms with Crippen LogP contribution in [0.15, 0.2) is 17.3 Å². The zero-order chi connectivity index (χ0) is 11.5. The van der Waals surface area contributed by atoms with Crippen molar-refractivity contribution in [2.75, 3.05) is 13.2 Å². The molecular weight excluding hydrogens is 222 g/mol. The van der Waals surface area contributed by atoms with E-state index in [0.29, 0.717) is 0 Å². The molecule has 0 saturated heterocycles. The number of sulfonamides is 1. The first-order valence-electron chi connectivity index (χ1n) is 4.23. The fraction of sp³-hybridized carbons (Fsp3) is 0.571. The predicted molar refractivity (Wildman–Crippen MR) is 51.5 cm³/mol. The first-order chi connectivity index (χ1) is 6.95. The van der Waals surface area contributed by atoms with Crippen LogP contribution in [0.1, 0.15) is 0 Å². The fourth-order valence-corrected chi connectivity index (χ4v) is 1.95. The van der Waals surface area contributed by atoms with Gasteiger partial charge in [-0.3, -0.25) is 4.68 Å². The van der Waals surface area contributed by atoms with E-state index >= 15 is 0 Å². The highest BCUT2D eigenvalue weighted by atomic mass is 32.2. The summed E-state index contributed by atoms with van der Waals surface area (Å²) in [5, 5.41) is 21.2. The van der Waals surface area contributed by atoms with Crippen LogP contribution < -0.4 is 4.72 Å². The average molecular weight is 235 g/mol. The van der Waals surface area contributed by atoms with Crippen LogP contribution in [0.3, 0.4) is 0 Å². The van der Waals surface area contributed by atoms with Gasteiger partial charge in [0.1, 0.15) is 4.90 Å². The number of nitrogens with zero attached hydrogens (tertiary/aromatic N) is 2. The summed E-state index contributed by atoms with van der Waals surface area (Å²) in [6.07, 6.45) is 1.44. The van der Waals surface area contributed by atoms with Crippen molar-refractivity contribution in [3.8, 4) is 0 Å². The molecule has 0 amide bonds. The molecule has 0 radical (unpaired) electrons. The van der Waals surface area contributed by atoms with Crippen LogP contribution in [0, 0.1) is 0 Å². The van der Waals surface area contributed by atoms with Gasteiger partial charge in [-0.25, -0.2) is 13.1 Å². The molecule has 0 aliphatic carbocycles. The van der Waals surface area contributed by atoms with Crippen LogP contribution in [0.4, 0.5) is 0 Å². The van der Waals surface area contributed by atoms with Gasteiger partial charge in [0.25, 0.3) is 0 Å². The third-order valence-corrected chi connectivity index (χ3v) is 3.09. The zero-order valence-electron chi connectivity index (χ0n) is 8.16. The Kier molecular flexibility index (Phi) is 3.80. The second kappa shape index (κ2) is 4.71. The lowest BCUT2D eigenvalue weighted by molar-refractivity contribution is 0.0988. The van der Waals surface area contributed by atoms with Gasteiger partial charge in [-0.2, -0.15) is 5.10 Å². The lowest BCUT2D eigenvalue weighted by atomic mass is 10.4. The molecule has 3 N–H and O–H groups in total. The van der Waals surface area contributed by atoms with Gasteiger partial charge in [-0.15, -0.1) is 0 Å². The smallest absolute Gasteiger partial charge is 0.243 e. The minimum atomic E-state index is -3.65. The van der Waals surface area contributed by atoms with E-state index in [1.165, 1.54) is 17.1 Å². The zero-order valence-corrected chi connectivity index (χ0v) is 8.98. The number of rotatable bonds is 5. The van der Waals surface area contributed by atoms with Crippen LogP contribution in [-0.2, 0) is 17.1 Å². The molecule has 1 unspecified atom stereocenters. The van der Waals surface area contributed by atoms with Crippen molar-refractivity contribution in [1.82, 2.24) is 14.5 Å². The standard InChI is InChI=1S/C7H13N3O4S/c1-10-4-7(3-8-10)15(13,14)9-2-6(12)5-11/h3-4,6,9,11-12H,2,5H2,1H3. The highest BCUT2D eigenvalue weighted by Crippen LogP contribution is 2.05. The van der Waals surface area contributed by atoms with Gasteiger partial charge in [0, 0.05) is 19.8 Å². The maximum Gasteiger partial charge on any atom is 0.243 e. The molecule has 1 aromatic rings. The number of aliphatic hydroxyl groups is 2. The molecule has 7 nitrogen and oxygen atoms in total. The van der Waals surface area contributed by atoms with E-state index in [0.717, 1.165) is 0 Å². The third-order valence-electron chi connectivity index (χ3n) is 1.71. The maximum absolute atomic E-state index is 11.5. The fourth-order valence-electron chi connectivity index (χ4n) is 0.891. The minimum Gasteiger partial charge on any atom is -0.394 e. The van der Waals surface area contributed by atoms with Crippen molar-refractivity contribution in [3.63, 3.8) is 0 Å². The Labute approximate surface area is 87.4 Å². The Morgan fingerprint density at radius 2 is 2.33 bits per heavy atom. The van der Waals surface area contributed by atoms with E-state index in [4.69, 9.17) is 10.2 Å². The molecule has 86 valence electrons. The Balaban J connectivity index is 2.68. The number of aliphatic hydroxyl groups excluding tert-OH is 2. The average Bonchev–Trinajstić information content (AvgIpc) is 2.62. The molecule has 8 heteroatoms. The van der Waals surface area contributed by atoms with Gasteiger partial charge in [0.05, 0.1) is 18.9 Å². The Morgan fingerprint density at radius 3 is 2.80 bits per heavy atom.